The second-order valence-corrected chi connectivity index (χ2v) is 5.27. The molecule has 2 aromatic rings. The summed E-state index contributed by atoms with van der Waals surface area (Å²) in [4.78, 5) is 2.03. The van der Waals surface area contributed by atoms with Crippen molar-refractivity contribution in [1.82, 2.24) is 0 Å². The molecule has 2 aromatic carbocycles. The van der Waals surface area contributed by atoms with E-state index in [1.54, 1.807) is 0 Å². The number of anilines is 1. The summed E-state index contributed by atoms with van der Waals surface area (Å²) in [6.07, 6.45) is 0.0664. The Labute approximate surface area is 119 Å². The fourth-order valence-corrected chi connectivity index (χ4v) is 2.21. The predicted molar refractivity (Wildman–Crippen MR) is 80.9 cm³/mol. The van der Waals surface area contributed by atoms with Gasteiger partial charge >= 0.3 is 0 Å². The zero-order valence-corrected chi connectivity index (χ0v) is 11.9. The molecule has 2 rings (SSSR count). The molecule has 1 N–H and O–H groups in total. The van der Waals surface area contributed by atoms with Gasteiger partial charge in [0.05, 0.1) is 6.10 Å². The molecule has 2 nitrogen and oxygen atoms in total. The molecule has 0 amide bonds. The summed E-state index contributed by atoms with van der Waals surface area (Å²) in [7, 11) is 3.99. The fourth-order valence-electron chi connectivity index (χ4n) is 2.00. The second-order valence-electron chi connectivity index (χ2n) is 4.84. The quantitative estimate of drug-likeness (QED) is 0.920. The third-order valence-corrected chi connectivity index (χ3v) is 3.35. The summed E-state index contributed by atoms with van der Waals surface area (Å²) >= 11 is 5.94. The van der Waals surface area contributed by atoms with Gasteiger partial charge in [0.15, 0.2) is 0 Å². The highest BCUT2D eigenvalue weighted by Gasteiger charge is 2.09. The van der Waals surface area contributed by atoms with Crippen LogP contribution in [0.25, 0.3) is 0 Å². The Hall–Kier alpha value is -1.51. The number of aliphatic hydroxyl groups excluding tert-OH is 1. The maximum absolute atomic E-state index is 10.2. The van der Waals surface area contributed by atoms with E-state index in [2.05, 4.69) is 0 Å². The van der Waals surface area contributed by atoms with Crippen LogP contribution in [0.3, 0.4) is 0 Å². The SMILES string of the molecule is CN(C)c1ccc(C(O)Cc2cccc(Cl)c2)cc1. The lowest BCUT2D eigenvalue weighted by molar-refractivity contribution is 0.178. The fraction of sp³-hybridized carbons (Fsp3) is 0.250. The summed E-state index contributed by atoms with van der Waals surface area (Å²) < 4.78 is 0. The van der Waals surface area contributed by atoms with Crippen molar-refractivity contribution >= 4 is 17.3 Å². The molecule has 100 valence electrons. The molecule has 0 bridgehead atoms. The van der Waals surface area contributed by atoms with Crippen molar-refractivity contribution in [2.75, 3.05) is 19.0 Å². The van der Waals surface area contributed by atoms with E-state index in [4.69, 9.17) is 11.6 Å². The zero-order chi connectivity index (χ0) is 13.8. The van der Waals surface area contributed by atoms with Gasteiger partial charge in [-0.3, -0.25) is 0 Å². The molecule has 0 heterocycles. The molecule has 0 saturated heterocycles. The van der Waals surface area contributed by atoms with Crippen LogP contribution in [0.15, 0.2) is 48.5 Å². The molecule has 0 fully saturated rings. The van der Waals surface area contributed by atoms with Crippen LogP contribution >= 0.6 is 11.6 Å². The van der Waals surface area contributed by atoms with Crippen molar-refractivity contribution < 1.29 is 5.11 Å². The first-order valence-corrected chi connectivity index (χ1v) is 6.64. The lowest BCUT2D eigenvalue weighted by atomic mass is 10.0. The van der Waals surface area contributed by atoms with E-state index in [0.29, 0.717) is 11.4 Å². The van der Waals surface area contributed by atoms with Gasteiger partial charge in [-0.15, -0.1) is 0 Å². The van der Waals surface area contributed by atoms with Crippen LogP contribution in [0, 0.1) is 0 Å². The average Bonchev–Trinajstić information content (AvgIpc) is 2.39. The number of benzene rings is 2. The number of aliphatic hydroxyl groups is 1. The third-order valence-electron chi connectivity index (χ3n) is 3.11. The van der Waals surface area contributed by atoms with Gasteiger partial charge in [0, 0.05) is 31.2 Å². The van der Waals surface area contributed by atoms with Gasteiger partial charge in [-0.2, -0.15) is 0 Å². The largest absolute Gasteiger partial charge is 0.388 e. The molecule has 0 radical (unpaired) electrons. The van der Waals surface area contributed by atoms with E-state index in [1.165, 1.54) is 0 Å². The first kappa shape index (κ1) is 13.9. The lowest BCUT2D eigenvalue weighted by Gasteiger charge is -2.15. The molecule has 0 aromatic heterocycles. The van der Waals surface area contributed by atoms with E-state index in [-0.39, 0.29) is 0 Å². The highest BCUT2D eigenvalue weighted by Crippen LogP contribution is 2.22. The van der Waals surface area contributed by atoms with Crippen LogP contribution in [-0.2, 0) is 6.42 Å². The van der Waals surface area contributed by atoms with Crippen LogP contribution in [0.1, 0.15) is 17.2 Å². The van der Waals surface area contributed by atoms with E-state index in [9.17, 15) is 5.11 Å². The van der Waals surface area contributed by atoms with E-state index >= 15 is 0 Å². The van der Waals surface area contributed by atoms with Crippen molar-refractivity contribution in [3.05, 3.63) is 64.7 Å². The number of halogens is 1. The Morgan fingerprint density at radius 3 is 2.37 bits per heavy atom. The van der Waals surface area contributed by atoms with E-state index in [0.717, 1.165) is 16.8 Å². The number of hydrogen-bond donors (Lipinski definition) is 1. The lowest BCUT2D eigenvalue weighted by Crippen LogP contribution is -2.09. The maximum Gasteiger partial charge on any atom is 0.0830 e. The molecule has 0 spiro atoms. The molecule has 3 heteroatoms. The molecule has 1 atom stereocenters. The summed E-state index contributed by atoms with van der Waals surface area (Å²) in [5.41, 5.74) is 3.08. The monoisotopic (exact) mass is 275 g/mol. The number of hydrogen-bond acceptors (Lipinski definition) is 2. The third kappa shape index (κ3) is 3.72. The van der Waals surface area contributed by atoms with Gasteiger partial charge in [0.2, 0.25) is 0 Å². The highest BCUT2D eigenvalue weighted by atomic mass is 35.5. The standard InChI is InChI=1S/C16H18ClNO/c1-18(2)15-8-6-13(7-9-15)16(19)11-12-4-3-5-14(17)10-12/h3-10,16,19H,11H2,1-2H3. The Kier molecular flexibility index (Phi) is 4.46. The Morgan fingerprint density at radius 2 is 1.79 bits per heavy atom. The van der Waals surface area contributed by atoms with Gasteiger partial charge in [0.1, 0.15) is 0 Å². The molecule has 0 saturated carbocycles. The van der Waals surface area contributed by atoms with Crippen LogP contribution in [0.4, 0.5) is 5.69 Å². The second kappa shape index (κ2) is 6.09. The van der Waals surface area contributed by atoms with Gasteiger partial charge in [-0.05, 0) is 35.4 Å². The Balaban J connectivity index is 2.09. The Bertz CT molecular complexity index is 537. The van der Waals surface area contributed by atoms with Crippen molar-refractivity contribution in [2.45, 2.75) is 12.5 Å². The Morgan fingerprint density at radius 1 is 1.11 bits per heavy atom. The first-order valence-electron chi connectivity index (χ1n) is 6.26. The molecule has 0 aliphatic carbocycles. The van der Waals surface area contributed by atoms with Gasteiger partial charge < -0.3 is 10.0 Å². The zero-order valence-electron chi connectivity index (χ0n) is 11.2. The number of rotatable bonds is 4. The molecule has 19 heavy (non-hydrogen) atoms. The van der Waals surface area contributed by atoms with Crippen LogP contribution in [0.2, 0.25) is 5.02 Å². The van der Waals surface area contributed by atoms with Gasteiger partial charge in [0.25, 0.3) is 0 Å². The molecular weight excluding hydrogens is 258 g/mol. The minimum absolute atomic E-state index is 0.505. The van der Waals surface area contributed by atoms with Crippen LogP contribution in [-0.4, -0.2) is 19.2 Å². The summed E-state index contributed by atoms with van der Waals surface area (Å²) in [6, 6.07) is 15.5. The van der Waals surface area contributed by atoms with E-state index < -0.39 is 6.10 Å². The van der Waals surface area contributed by atoms with Gasteiger partial charge in [-0.1, -0.05) is 35.9 Å². The van der Waals surface area contributed by atoms with Crippen molar-refractivity contribution in [1.29, 1.82) is 0 Å². The normalized spacial score (nSPS) is 12.2. The van der Waals surface area contributed by atoms with Crippen LogP contribution in [0.5, 0.6) is 0 Å². The maximum atomic E-state index is 10.2. The summed E-state index contributed by atoms with van der Waals surface area (Å²) in [5, 5.41) is 10.9. The highest BCUT2D eigenvalue weighted by molar-refractivity contribution is 6.30. The minimum Gasteiger partial charge on any atom is -0.388 e. The molecule has 0 aliphatic heterocycles. The predicted octanol–water partition coefficient (Wildman–Crippen LogP) is 3.68. The average molecular weight is 276 g/mol. The summed E-state index contributed by atoms with van der Waals surface area (Å²) in [6.45, 7) is 0. The minimum atomic E-state index is -0.505. The van der Waals surface area contributed by atoms with Crippen molar-refractivity contribution in [3.8, 4) is 0 Å². The van der Waals surface area contributed by atoms with Crippen molar-refractivity contribution in [2.24, 2.45) is 0 Å². The van der Waals surface area contributed by atoms with Crippen molar-refractivity contribution in [3.63, 3.8) is 0 Å². The topological polar surface area (TPSA) is 23.5 Å². The first-order chi connectivity index (χ1) is 9.06. The van der Waals surface area contributed by atoms with Crippen LogP contribution < -0.4 is 4.90 Å². The van der Waals surface area contributed by atoms with E-state index in [1.807, 2.05) is 67.5 Å². The molecular formula is C16H18ClNO. The molecule has 1 unspecified atom stereocenters. The number of nitrogens with zero attached hydrogens (tertiary/aromatic N) is 1. The van der Waals surface area contributed by atoms with Gasteiger partial charge in [-0.25, -0.2) is 0 Å². The smallest absolute Gasteiger partial charge is 0.0830 e. The summed E-state index contributed by atoms with van der Waals surface area (Å²) in [5.74, 6) is 0. The molecule has 0 aliphatic rings.